The molecule has 1 aliphatic heterocycles. The number of hydrogen-bond acceptors (Lipinski definition) is 5. The minimum Gasteiger partial charge on any atom is -0.468 e. The Hall–Kier alpha value is -0.650. The highest BCUT2D eigenvalue weighted by molar-refractivity contribution is 5.75. The zero-order valence-corrected chi connectivity index (χ0v) is 10.5. The molecule has 0 amide bonds. The summed E-state index contributed by atoms with van der Waals surface area (Å²) in [5.74, 6) is -0.329. The minimum atomic E-state index is -0.532. The Morgan fingerprint density at radius 2 is 2.25 bits per heavy atom. The normalized spacial score (nSPS) is 26.1. The number of esters is 1. The summed E-state index contributed by atoms with van der Waals surface area (Å²) in [5.41, 5.74) is 5.78. The van der Waals surface area contributed by atoms with Gasteiger partial charge in [-0.1, -0.05) is 0 Å². The van der Waals surface area contributed by atoms with Gasteiger partial charge in [0.1, 0.15) is 6.04 Å². The Labute approximate surface area is 97.5 Å². The zero-order valence-electron chi connectivity index (χ0n) is 10.5. The van der Waals surface area contributed by atoms with Gasteiger partial charge in [-0.2, -0.15) is 0 Å². The van der Waals surface area contributed by atoms with Crippen molar-refractivity contribution in [1.29, 1.82) is 0 Å². The van der Waals surface area contributed by atoms with E-state index in [1.807, 2.05) is 0 Å². The summed E-state index contributed by atoms with van der Waals surface area (Å²) < 4.78 is 4.64. The topological polar surface area (TPSA) is 58.8 Å². The van der Waals surface area contributed by atoms with E-state index < -0.39 is 6.04 Å². The van der Waals surface area contributed by atoms with E-state index in [4.69, 9.17) is 5.73 Å². The molecule has 94 valence electrons. The molecule has 0 aliphatic carbocycles. The maximum atomic E-state index is 11.3. The number of carbonyl (C=O) groups is 1. The maximum Gasteiger partial charge on any atom is 0.323 e. The van der Waals surface area contributed by atoms with Gasteiger partial charge in [0.25, 0.3) is 0 Å². The Kier molecular flexibility index (Phi) is 5.18. The summed E-state index contributed by atoms with van der Waals surface area (Å²) in [7, 11) is 3.50. The molecule has 1 rings (SSSR count). The summed E-state index contributed by atoms with van der Waals surface area (Å²) in [6, 6.07) is -0.0981. The molecule has 1 heterocycles. The first-order valence-electron chi connectivity index (χ1n) is 5.80. The first-order valence-corrected chi connectivity index (χ1v) is 5.80. The van der Waals surface area contributed by atoms with Gasteiger partial charge in [0.15, 0.2) is 0 Å². The monoisotopic (exact) mass is 229 g/mol. The number of carbonyl (C=O) groups excluding carboxylic acids is 1. The van der Waals surface area contributed by atoms with Crippen LogP contribution >= 0.6 is 0 Å². The van der Waals surface area contributed by atoms with E-state index in [1.165, 1.54) is 7.11 Å². The molecular formula is C11H23N3O2. The molecular weight excluding hydrogens is 206 g/mol. The molecule has 1 saturated heterocycles. The average Bonchev–Trinajstić information content (AvgIpc) is 2.39. The van der Waals surface area contributed by atoms with Crippen molar-refractivity contribution in [2.24, 2.45) is 5.73 Å². The summed E-state index contributed by atoms with van der Waals surface area (Å²) in [5, 5.41) is 0. The van der Waals surface area contributed by atoms with Gasteiger partial charge in [0, 0.05) is 19.1 Å². The molecule has 16 heavy (non-hydrogen) atoms. The number of nitrogens with zero attached hydrogens (tertiary/aromatic N) is 2. The van der Waals surface area contributed by atoms with Crippen LogP contribution in [0.1, 0.15) is 13.3 Å². The zero-order chi connectivity index (χ0) is 12.1. The summed E-state index contributed by atoms with van der Waals surface area (Å²) >= 11 is 0. The quantitative estimate of drug-likeness (QED) is 0.662. The first kappa shape index (κ1) is 13.4. The molecule has 0 saturated carbocycles. The molecule has 0 bridgehead atoms. The second kappa shape index (κ2) is 6.18. The Morgan fingerprint density at radius 3 is 2.88 bits per heavy atom. The van der Waals surface area contributed by atoms with Crippen molar-refractivity contribution in [3.05, 3.63) is 0 Å². The van der Waals surface area contributed by atoms with Gasteiger partial charge in [0.2, 0.25) is 0 Å². The molecule has 0 aromatic heterocycles. The molecule has 0 spiro atoms. The third-order valence-corrected chi connectivity index (χ3v) is 3.12. The van der Waals surface area contributed by atoms with E-state index in [0.29, 0.717) is 12.6 Å². The fourth-order valence-corrected chi connectivity index (χ4v) is 2.17. The molecule has 2 unspecified atom stereocenters. The summed E-state index contributed by atoms with van der Waals surface area (Å²) in [6.45, 7) is 5.88. The highest BCUT2D eigenvalue weighted by Gasteiger charge is 2.24. The number of likely N-dealkylation sites (N-methyl/N-ethyl adjacent to an activating group) is 1. The van der Waals surface area contributed by atoms with Gasteiger partial charge in [0.05, 0.1) is 7.11 Å². The second-order valence-corrected chi connectivity index (χ2v) is 4.59. The highest BCUT2D eigenvalue weighted by Crippen LogP contribution is 2.08. The molecule has 0 aromatic carbocycles. The smallest absolute Gasteiger partial charge is 0.323 e. The lowest BCUT2D eigenvalue weighted by atomic mass is 10.2. The van der Waals surface area contributed by atoms with Crippen molar-refractivity contribution in [1.82, 2.24) is 9.80 Å². The lowest BCUT2D eigenvalue weighted by Gasteiger charge is -2.29. The van der Waals surface area contributed by atoms with Crippen LogP contribution in [0, 0.1) is 0 Å². The van der Waals surface area contributed by atoms with Gasteiger partial charge in [-0.3, -0.25) is 9.69 Å². The van der Waals surface area contributed by atoms with Crippen LogP contribution in [0.15, 0.2) is 0 Å². The van der Waals surface area contributed by atoms with E-state index in [-0.39, 0.29) is 5.97 Å². The third-order valence-electron chi connectivity index (χ3n) is 3.12. The van der Waals surface area contributed by atoms with E-state index in [0.717, 1.165) is 26.1 Å². The number of nitrogens with two attached hydrogens (primary N) is 1. The molecule has 5 nitrogen and oxygen atoms in total. The van der Waals surface area contributed by atoms with E-state index in [9.17, 15) is 4.79 Å². The maximum absolute atomic E-state index is 11.3. The van der Waals surface area contributed by atoms with Crippen LogP contribution in [0.3, 0.4) is 0 Å². The van der Waals surface area contributed by atoms with Crippen molar-refractivity contribution in [2.45, 2.75) is 25.4 Å². The van der Waals surface area contributed by atoms with Crippen LogP contribution < -0.4 is 5.73 Å². The van der Waals surface area contributed by atoms with Crippen LogP contribution in [0.2, 0.25) is 0 Å². The van der Waals surface area contributed by atoms with E-state index in [1.54, 1.807) is 0 Å². The molecule has 1 fully saturated rings. The second-order valence-electron chi connectivity index (χ2n) is 4.59. The Balaban J connectivity index is 2.48. The van der Waals surface area contributed by atoms with Crippen molar-refractivity contribution >= 4 is 5.97 Å². The van der Waals surface area contributed by atoms with Crippen LogP contribution in [0.5, 0.6) is 0 Å². The molecule has 0 aromatic rings. The highest BCUT2D eigenvalue weighted by atomic mass is 16.5. The van der Waals surface area contributed by atoms with Crippen LogP contribution in [-0.2, 0) is 9.53 Å². The number of ether oxygens (including phenoxy) is 1. The van der Waals surface area contributed by atoms with Crippen molar-refractivity contribution < 1.29 is 9.53 Å². The number of methoxy groups -OCH3 is 1. The van der Waals surface area contributed by atoms with Gasteiger partial charge in [-0.05, 0) is 33.5 Å². The van der Waals surface area contributed by atoms with Crippen molar-refractivity contribution in [2.75, 3.05) is 40.3 Å². The first-order chi connectivity index (χ1) is 7.54. The summed E-state index contributed by atoms with van der Waals surface area (Å²) in [6.07, 6.45) is 1.12. The Bertz CT molecular complexity index is 235. The molecule has 0 radical (unpaired) electrons. The van der Waals surface area contributed by atoms with Gasteiger partial charge in [-0.25, -0.2) is 0 Å². The molecule has 1 aliphatic rings. The minimum absolute atomic E-state index is 0.329. The van der Waals surface area contributed by atoms with Crippen molar-refractivity contribution in [3.8, 4) is 0 Å². The van der Waals surface area contributed by atoms with Crippen LogP contribution in [0.4, 0.5) is 0 Å². The fraction of sp³-hybridized carbons (Fsp3) is 0.909. The molecule has 5 heteroatoms. The largest absolute Gasteiger partial charge is 0.468 e. The molecule has 2 atom stereocenters. The number of rotatable bonds is 3. The predicted octanol–water partition coefficient (Wildman–Crippen LogP) is -0.487. The van der Waals surface area contributed by atoms with E-state index in [2.05, 4.69) is 28.5 Å². The fourth-order valence-electron chi connectivity index (χ4n) is 2.17. The van der Waals surface area contributed by atoms with Gasteiger partial charge >= 0.3 is 5.97 Å². The average molecular weight is 229 g/mol. The van der Waals surface area contributed by atoms with Crippen molar-refractivity contribution in [3.63, 3.8) is 0 Å². The predicted molar refractivity (Wildman–Crippen MR) is 63.1 cm³/mol. The summed E-state index contributed by atoms with van der Waals surface area (Å²) in [4.78, 5) is 15.8. The SMILES string of the molecule is COC(=O)C(N)CN1CCCN(C)CC1C. The van der Waals surface area contributed by atoms with Crippen LogP contribution in [0.25, 0.3) is 0 Å². The lowest BCUT2D eigenvalue weighted by Crippen LogP contribution is -2.48. The molecule has 2 N–H and O–H groups in total. The van der Waals surface area contributed by atoms with E-state index >= 15 is 0 Å². The Morgan fingerprint density at radius 1 is 1.56 bits per heavy atom. The number of hydrogen-bond donors (Lipinski definition) is 1. The van der Waals surface area contributed by atoms with Crippen LogP contribution in [-0.4, -0.2) is 68.2 Å². The van der Waals surface area contributed by atoms with Gasteiger partial charge < -0.3 is 15.4 Å². The third kappa shape index (κ3) is 3.73. The lowest BCUT2D eigenvalue weighted by molar-refractivity contribution is -0.142. The standard InChI is InChI=1S/C11H23N3O2/c1-9-7-13(2)5-4-6-14(9)8-10(12)11(15)16-3/h9-10H,4-8,12H2,1-3H3. The van der Waals surface area contributed by atoms with Gasteiger partial charge in [-0.15, -0.1) is 0 Å².